The number of aliphatic imine (C=N–C) groups is 1. The van der Waals surface area contributed by atoms with Crippen LogP contribution in [0.1, 0.15) is 52.0 Å². The molecule has 0 saturated heterocycles. The highest BCUT2D eigenvalue weighted by atomic mass is 32.2. The predicted molar refractivity (Wildman–Crippen MR) is 149 cm³/mol. The molecule has 1 saturated carbocycles. The fourth-order valence-corrected chi connectivity index (χ4v) is 7.08. The summed E-state index contributed by atoms with van der Waals surface area (Å²) in [6, 6.07) is 13.0. The van der Waals surface area contributed by atoms with Gasteiger partial charge in [-0.1, -0.05) is 25.1 Å². The summed E-state index contributed by atoms with van der Waals surface area (Å²) in [4.78, 5) is 16.1. The average Bonchev–Trinajstić information content (AvgIpc) is 3.61. The van der Waals surface area contributed by atoms with Crippen molar-refractivity contribution in [2.45, 2.75) is 43.3 Å². The Kier molecular flexibility index (Phi) is 7.89. The first kappa shape index (κ1) is 28.1. The van der Waals surface area contributed by atoms with Gasteiger partial charge in [0.05, 0.1) is 29.2 Å². The number of carbonyl (C=O) groups is 1. The van der Waals surface area contributed by atoms with Crippen LogP contribution in [0, 0.1) is 11.8 Å². The molecule has 1 aliphatic carbocycles. The van der Waals surface area contributed by atoms with Crippen LogP contribution in [-0.4, -0.2) is 45.2 Å². The van der Waals surface area contributed by atoms with E-state index >= 15 is 0 Å². The summed E-state index contributed by atoms with van der Waals surface area (Å²) < 4.78 is 57.5. The first-order chi connectivity index (χ1) is 19.1. The number of rotatable bonds is 7. The number of halogens is 3. The lowest BCUT2D eigenvalue weighted by Crippen LogP contribution is -2.33. The van der Waals surface area contributed by atoms with Crippen molar-refractivity contribution < 1.29 is 22.5 Å². The molecule has 5 rings (SSSR count). The van der Waals surface area contributed by atoms with Gasteiger partial charge in [0.25, 0.3) is 0 Å². The van der Waals surface area contributed by atoms with Gasteiger partial charge in [-0.2, -0.15) is 18.3 Å². The van der Waals surface area contributed by atoms with E-state index in [1.165, 1.54) is 6.07 Å². The van der Waals surface area contributed by atoms with Gasteiger partial charge >= 0.3 is 6.18 Å². The van der Waals surface area contributed by atoms with E-state index in [4.69, 9.17) is 5.84 Å². The van der Waals surface area contributed by atoms with Crippen LogP contribution in [0.4, 0.5) is 13.2 Å². The number of hydrogen-bond acceptors (Lipinski definition) is 6. The lowest BCUT2D eigenvalue weighted by atomic mass is 9.99. The zero-order chi connectivity index (χ0) is 28.6. The molecule has 2 aromatic carbocycles. The highest BCUT2D eigenvalue weighted by Crippen LogP contribution is 2.50. The molecule has 1 aliphatic heterocycles. The molecule has 2 heterocycles. The van der Waals surface area contributed by atoms with E-state index in [9.17, 15) is 22.5 Å². The van der Waals surface area contributed by atoms with Crippen LogP contribution in [0.15, 0.2) is 69.7 Å². The van der Waals surface area contributed by atoms with Gasteiger partial charge in [-0.05, 0) is 48.6 Å². The lowest BCUT2D eigenvalue weighted by molar-refractivity contribution is -0.137. The van der Waals surface area contributed by atoms with Gasteiger partial charge in [0.15, 0.2) is 11.2 Å². The lowest BCUT2D eigenvalue weighted by Gasteiger charge is -2.24. The summed E-state index contributed by atoms with van der Waals surface area (Å²) in [6.45, 7) is 2.77. The molecule has 3 aromatic rings. The average molecular weight is 570 g/mol. The number of nitrogens with two attached hydrogens (primary N) is 1. The van der Waals surface area contributed by atoms with E-state index in [1.54, 1.807) is 23.6 Å². The van der Waals surface area contributed by atoms with Crippen molar-refractivity contribution in [2.75, 3.05) is 13.6 Å². The number of fused-ring (bicyclic) bond motifs is 1. The Morgan fingerprint density at radius 2 is 2.02 bits per heavy atom. The first-order valence-corrected chi connectivity index (χ1v) is 14.1. The number of hydrogen-bond donors (Lipinski definition) is 1. The normalized spacial score (nSPS) is 23.7. The van der Waals surface area contributed by atoms with E-state index in [1.807, 2.05) is 42.0 Å². The van der Waals surface area contributed by atoms with Gasteiger partial charge in [-0.3, -0.25) is 9.79 Å². The summed E-state index contributed by atoms with van der Waals surface area (Å²) in [5, 5.41) is 3.87. The molecule has 11 heteroatoms. The maximum absolute atomic E-state index is 13.6. The molecule has 1 aromatic heterocycles. The SMILES string of the molecule is CN=CC(=NN)C1C[C@H]1c1c(C=O)ccn1-c1cccc(CN2C[C@@H](C)Cc3ccc(C(F)(F)F)cc3[S+]2[O-])c1. The van der Waals surface area contributed by atoms with Crippen LogP contribution in [-0.2, 0) is 30.5 Å². The minimum atomic E-state index is -4.51. The number of alkyl halides is 3. The maximum atomic E-state index is 13.6. The third-order valence-corrected chi connectivity index (χ3v) is 8.97. The maximum Gasteiger partial charge on any atom is 0.416 e. The van der Waals surface area contributed by atoms with Gasteiger partial charge < -0.3 is 15.0 Å². The van der Waals surface area contributed by atoms with Crippen LogP contribution in [0.3, 0.4) is 0 Å². The summed E-state index contributed by atoms with van der Waals surface area (Å²) in [6.07, 6.45) is 1.16. The Bertz CT molecular complexity index is 1470. The molecule has 0 radical (unpaired) electrons. The Labute approximate surface area is 233 Å². The second-order valence-corrected chi connectivity index (χ2v) is 11.9. The van der Waals surface area contributed by atoms with Gasteiger partial charge in [0.2, 0.25) is 0 Å². The highest BCUT2D eigenvalue weighted by molar-refractivity contribution is 7.89. The first-order valence-electron chi connectivity index (χ1n) is 13.0. The fourth-order valence-electron chi connectivity index (χ4n) is 5.55. The van der Waals surface area contributed by atoms with Gasteiger partial charge in [-0.25, -0.2) is 0 Å². The second kappa shape index (κ2) is 11.2. The van der Waals surface area contributed by atoms with Gasteiger partial charge in [0.1, 0.15) is 0 Å². The van der Waals surface area contributed by atoms with E-state index < -0.39 is 23.1 Å². The zero-order valence-electron chi connectivity index (χ0n) is 22.1. The molecular formula is C29H30F3N5O2S. The van der Waals surface area contributed by atoms with Gasteiger partial charge in [0, 0.05) is 66.4 Å². The van der Waals surface area contributed by atoms with E-state index in [0.29, 0.717) is 36.3 Å². The van der Waals surface area contributed by atoms with Crippen molar-refractivity contribution in [2.24, 2.45) is 27.8 Å². The molecule has 0 amide bonds. The molecule has 2 unspecified atom stereocenters. The van der Waals surface area contributed by atoms with E-state index in [-0.39, 0.29) is 22.6 Å². The largest absolute Gasteiger partial charge is 0.593 e. The number of aldehydes is 1. The fraction of sp³-hybridized carbons (Fsp3) is 0.345. The van der Waals surface area contributed by atoms with Crippen LogP contribution in [0.2, 0.25) is 0 Å². The predicted octanol–water partition coefficient (Wildman–Crippen LogP) is 5.14. The number of nitrogens with zero attached hydrogens (tertiary/aromatic N) is 4. The molecule has 7 nitrogen and oxygen atoms in total. The third kappa shape index (κ3) is 5.59. The van der Waals surface area contributed by atoms with Crippen LogP contribution in [0.25, 0.3) is 5.69 Å². The quantitative estimate of drug-likeness (QED) is 0.140. The minimum Gasteiger partial charge on any atom is -0.593 e. The summed E-state index contributed by atoms with van der Waals surface area (Å²) in [7, 11) is 1.65. The Morgan fingerprint density at radius 1 is 1.23 bits per heavy atom. The molecule has 2 aliphatic rings. The van der Waals surface area contributed by atoms with Crippen molar-refractivity contribution in [3.05, 3.63) is 82.7 Å². The van der Waals surface area contributed by atoms with Crippen molar-refractivity contribution in [3.63, 3.8) is 0 Å². The summed E-state index contributed by atoms with van der Waals surface area (Å²) >= 11 is -1.76. The summed E-state index contributed by atoms with van der Waals surface area (Å²) in [5.41, 5.74) is 3.70. The molecule has 2 N–H and O–H groups in total. The Balaban J connectivity index is 1.43. The molecule has 0 spiro atoms. The molecular weight excluding hydrogens is 539 g/mol. The Morgan fingerprint density at radius 3 is 2.73 bits per heavy atom. The number of benzene rings is 2. The van der Waals surface area contributed by atoms with Crippen LogP contribution >= 0.6 is 0 Å². The molecule has 1 fully saturated rings. The van der Waals surface area contributed by atoms with Gasteiger partial charge in [-0.15, -0.1) is 4.31 Å². The van der Waals surface area contributed by atoms with E-state index in [0.717, 1.165) is 41.8 Å². The second-order valence-electron chi connectivity index (χ2n) is 10.4. The zero-order valence-corrected chi connectivity index (χ0v) is 23.0. The standard InChI is InChI=1S/C29H30F3N5O2S/c1-18-10-20-6-7-22(29(30,31)32)12-27(20)40(39)36(15-18)16-19-4-3-5-23(11-19)37-9-8-21(17-38)28(37)25-13-24(25)26(35-33)14-34-2/h3-9,11-12,14,17-18,24-25H,10,13,15-16,33H2,1-2H3/t18-,24?,25+,40?/m0/s1. The highest BCUT2D eigenvalue weighted by Gasteiger charge is 2.45. The number of carbonyl (C=O) groups excluding carboxylic acids is 1. The number of hydrazone groups is 1. The van der Waals surface area contributed by atoms with Crippen molar-refractivity contribution >= 4 is 29.6 Å². The van der Waals surface area contributed by atoms with E-state index in [2.05, 4.69) is 10.1 Å². The molecule has 210 valence electrons. The number of aromatic nitrogens is 1. The van der Waals surface area contributed by atoms with Crippen LogP contribution in [0.5, 0.6) is 0 Å². The monoisotopic (exact) mass is 569 g/mol. The Hall–Kier alpha value is -3.41. The summed E-state index contributed by atoms with van der Waals surface area (Å²) in [5.74, 6) is 5.79. The minimum absolute atomic E-state index is 0.0532. The topological polar surface area (TPSA) is 99.0 Å². The van der Waals surface area contributed by atoms with Crippen molar-refractivity contribution in [1.82, 2.24) is 8.87 Å². The smallest absolute Gasteiger partial charge is 0.416 e. The molecule has 0 bridgehead atoms. The molecule has 4 atom stereocenters. The third-order valence-electron chi connectivity index (χ3n) is 7.47. The van der Waals surface area contributed by atoms with Crippen molar-refractivity contribution in [1.29, 1.82) is 0 Å². The van der Waals surface area contributed by atoms with Crippen molar-refractivity contribution in [3.8, 4) is 5.69 Å². The van der Waals surface area contributed by atoms with Crippen LogP contribution < -0.4 is 5.84 Å². The molecule has 40 heavy (non-hydrogen) atoms.